The first kappa shape index (κ1) is 15.6. The van der Waals surface area contributed by atoms with Gasteiger partial charge in [-0.05, 0) is 41.3 Å². The fourth-order valence-corrected chi connectivity index (χ4v) is 3.28. The summed E-state index contributed by atoms with van der Waals surface area (Å²) in [6.45, 7) is 3.63. The number of aryl methyl sites for hydroxylation is 2. The number of phenols is 1. The van der Waals surface area contributed by atoms with Crippen LogP contribution in [0.1, 0.15) is 29.7 Å². The molecular weight excluding hydrogens is 360 g/mol. The molecule has 7 heteroatoms. The maximum atomic E-state index is 10.4. The van der Waals surface area contributed by atoms with E-state index < -0.39 is 0 Å². The highest BCUT2D eigenvalue weighted by molar-refractivity contribution is 9.10. The third kappa shape index (κ3) is 2.84. The van der Waals surface area contributed by atoms with Gasteiger partial charge in [0.2, 0.25) is 0 Å². The lowest BCUT2D eigenvalue weighted by molar-refractivity contribution is 0.471. The highest BCUT2D eigenvalue weighted by Crippen LogP contribution is 2.40. The molecule has 23 heavy (non-hydrogen) atoms. The molecule has 0 spiro atoms. The lowest BCUT2D eigenvalue weighted by atomic mass is 9.94. The number of furan rings is 1. The number of rotatable bonds is 4. The van der Waals surface area contributed by atoms with Gasteiger partial charge in [0.25, 0.3) is 0 Å². The molecule has 1 heterocycles. The average Bonchev–Trinajstić information content (AvgIpc) is 2.92. The van der Waals surface area contributed by atoms with E-state index in [2.05, 4.69) is 32.7 Å². The van der Waals surface area contributed by atoms with Gasteiger partial charge in [-0.2, -0.15) is 10.2 Å². The minimum atomic E-state index is 0.129. The molecule has 0 amide bonds. The first-order valence-electron chi connectivity index (χ1n) is 7.29. The van der Waals surface area contributed by atoms with Crippen molar-refractivity contribution in [1.29, 1.82) is 0 Å². The van der Waals surface area contributed by atoms with E-state index in [0.29, 0.717) is 10.0 Å². The highest BCUT2D eigenvalue weighted by Gasteiger charge is 2.22. The van der Waals surface area contributed by atoms with Crippen LogP contribution in [0.25, 0.3) is 11.0 Å². The number of nitrogens with two attached hydrogens (primary N) is 1. The third-order valence-corrected chi connectivity index (χ3v) is 4.50. The molecule has 0 fully saturated rings. The van der Waals surface area contributed by atoms with Crippen molar-refractivity contribution >= 4 is 39.5 Å². The van der Waals surface area contributed by atoms with Gasteiger partial charge in [-0.15, -0.1) is 0 Å². The SMILES string of the molecule is C=CN(/C=N\N)/N=C/c1c(O)c(Br)cc2oc3c(c12)CCCC3. The van der Waals surface area contributed by atoms with E-state index in [9.17, 15) is 5.11 Å². The number of fused-ring (bicyclic) bond motifs is 3. The predicted molar refractivity (Wildman–Crippen MR) is 94.5 cm³/mol. The minimum Gasteiger partial charge on any atom is -0.506 e. The standard InChI is InChI=1S/C16H17BrN4O2/c1-2-21(9-19-18)20-8-11-15-10-5-3-4-6-13(10)23-14(15)7-12(17)16(11)22/h2,7-9,22H,1,3-6,18H2/b19-9-,20-8+. The maximum absolute atomic E-state index is 10.4. The van der Waals surface area contributed by atoms with Crippen molar-refractivity contribution in [3.63, 3.8) is 0 Å². The fraction of sp³-hybridized carbons (Fsp3) is 0.250. The van der Waals surface area contributed by atoms with Crippen molar-refractivity contribution in [3.05, 3.63) is 40.2 Å². The van der Waals surface area contributed by atoms with Crippen LogP contribution in [-0.4, -0.2) is 22.7 Å². The Bertz CT molecular complexity index is 810. The molecule has 1 aromatic heterocycles. The fourth-order valence-electron chi connectivity index (χ4n) is 2.86. The number of phenolic OH excluding ortho intramolecular Hbond substituents is 1. The molecule has 0 atom stereocenters. The number of nitrogens with zero attached hydrogens (tertiary/aromatic N) is 3. The number of hydrazone groups is 2. The summed E-state index contributed by atoms with van der Waals surface area (Å²) >= 11 is 3.36. The Morgan fingerprint density at radius 1 is 1.39 bits per heavy atom. The summed E-state index contributed by atoms with van der Waals surface area (Å²) in [6, 6.07) is 1.80. The van der Waals surface area contributed by atoms with Crippen molar-refractivity contribution in [1.82, 2.24) is 5.01 Å². The summed E-state index contributed by atoms with van der Waals surface area (Å²) in [6.07, 6.45) is 8.46. The van der Waals surface area contributed by atoms with E-state index in [1.807, 2.05) is 0 Å². The Hall–Kier alpha value is -2.28. The molecule has 0 radical (unpaired) electrons. The van der Waals surface area contributed by atoms with Gasteiger partial charge < -0.3 is 15.4 Å². The topological polar surface area (TPSA) is 87.3 Å². The van der Waals surface area contributed by atoms with Gasteiger partial charge >= 0.3 is 0 Å². The van der Waals surface area contributed by atoms with Crippen molar-refractivity contribution in [2.45, 2.75) is 25.7 Å². The van der Waals surface area contributed by atoms with Crippen LogP contribution in [0.2, 0.25) is 0 Å². The Kier molecular flexibility index (Phi) is 4.38. The lowest BCUT2D eigenvalue weighted by Crippen LogP contribution is -2.08. The van der Waals surface area contributed by atoms with Gasteiger partial charge in [0.1, 0.15) is 23.4 Å². The molecule has 0 saturated carbocycles. The van der Waals surface area contributed by atoms with Crippen LogP contribution in [-0.2, 0) is 12.8 Å². The number of benzene rings is 1. The molecule has 1 aliphatic carbocycles. The zero-order valence-corrected chi connectivity index (χ0v) is 14.1. The second-order valence-electron chi connectivity index (χ2n) is 5.28. The van der Waals surface area contributed by atoms with Crippen molar-refractivity contribution in [2.75, 3.05) is 0 Å². The second-order valence-corrected chi connectivity index (χ2v) is 6.13. The van der Waals surface area contributed by atoms with Gasteiger partial charge in [-0.1, -0.05) is 6.58 Å². The highest BCUT2D eigenvalue weighted by atomic mass is 79.9. The molecule has 3 N–H and O–H groups in total. The average molecular weight is 377 g/mol. The number of aromatic hydroxyl groups is 1. The van der Waals surface area contributed by atoms with Gasteiger partial charge in [-0.25, -0.2) is 5.01 Å². The number of halogens is 1. The summed E-state index contributed by atoms with van der Waals surface area (Å²) < 4.78 is 6.53. The van der Waals surface area contributed by atoms with E-state index in [-0.39, 0.29) is 5.75 Å². The van der Waals surface area contributed by atoms with Gasteiger partial charge in [0.05, 0.1) is 10.7 Å². The van der Waals surface area contributed by atoms with Gasteiger partial charge in [0.15, 0.2) is 0 Å². The number of hydrogen-bond acceptors (Lipinski definition) is 5. The quantitative estimate of drug-likeness (QED) is 0.370. The van der Waals surface area contributed by atoms with E-state index in [0.717, 1.165) is 48.0 Å². The van der Waals surface area contributed by atoms with E-state index in [4.69, 9.17) is 10.3 Å². The molecule has 120 valence electrons. The molecule has 1 aromatic carbocycles. The Balaban J connectivity index is 2.17. The van der Waals surface area contributed by atoms with Gasteiger partial charge in [-0.3, -0.25) is 0 Å². The van der Waals surface area contributed by atoms with E-state index in [1.165, 1.54) is 17.5 Å². The summed E-state index contributed by atoms with van der Waals surface area (Å²) in [5.41, 5.74) is 2.52. The zero-order chi connectivity index (χ0) is 16.4. The summed E-state index contributed by atoms with van der Waals surface area (Å²) in [5.74, 6) is 6.26. The van der Waals surface area contributed by atoms with Crippen LogP contribution >= 0.6 is 15.9 Å². The van der Waals surface area contributed by atoms with Crippen LogP contribution < -0.4 is 5.84 Å². The largest absolute Gasteiger partial charge is 0.506 e. The number of hydrogen-bond donors (Lipinski definition) is 2. The zero-order valence-electron chi connectivity index (χ0n) is 12.5. The molecule has 0 bridgehead atoms. The van der Waals surface area contributed by atoms with Gasteiger partial charge in [0, 0.05) is 29.1 Å². The normalized spacial score (nSPS) is 14.7. The molecule has 3 rings (SSSR count). The monoisotopic (exact) mass is 376 g/mol. The molecule has 6 nitrogen and oxygen atoms in total. The van der Waals surface area contributed by atoms with Crippen LogP contribution in [0.3, 0.4) is 0 Å². The molecular formula is C16H17BrN4O2. The van der Waals surface area contributed by atoms with Crippen molar-refractivity contribution in [3.8, 4) is 5.75 Å². The molecule has 2 aromatic rings. The Morgan fingerprint density at radius 2 is 2.17 bits per heavy atom. The molecule has 0 unspecified atom stereocenters. The van der Waals surface area contributed by atoms with Crippen molar-refractivity contribution in [2.24, 2.45) is 16.0 Å². The minimum absolute atomic E-state index is 0.129. The maximum Gasteiger partial charge on any atom is 0.139 e. The van der Waals surface area contributed by atoms with E-state index >= 15 is 0 Å². The van der Waals surface area contributed by atoms with Crippen molar-refractivity contribution < 1.29 is 9.52 Å². The second kappa shape index (κ2) is 6.45. The van der Waals surface area contributed by atoms with Crippen LogP contribution in [0.15, 0.2) is 37.9 Å². The molecule has 1 aliphatic rings. The third-order valence-electron chi connectivity index (χ3n) is 3.90. The Labute approximate surface area is 142 Å². The van der Waals surface area contributed by atoms with Crippen LogP contribution in [0.4, 0.5) is 0 Å². The molecule has 0 aliphatic heterocycles. The molecule has 0 saturated heterocycles. The Morgan fingerprint density at radius 3 is 2.91 bits per heavy atom. The smallest absolute Gasteiger partial charge is 0.139 e. The van der Waals surface area contributed by atoms with Crippen LogP contribution in [0.5, 0.6) is 5.75 Å². The first-order valence-corrected chi connectivity index (χ1v) is 8.09. The lowest BCUT2D eigenvalue weighted by Gasteiger charge is -2.11. The van der Waals surface area contributed by atoms with Crippen LogP contribution in [0, 0.1) is 0 Å². The summed E-state index contributed by atoms with van der Waals surface area (Å²) in [7, 11) is 0. The van der Waals surface area contributed by atoms with E-state index in [1.54, 1.807) is 12.3 Å². The summed E-state index contributed by atoms with van der Waals surface area (Å²) in [5, 5.41) is 20.4. The predicted octanol–water partition coefficient (Wildman–Crippen LogP) is 3.46. The summed E-state index contributed by atoms with van der Waals surface area (Å²) in [4.78, 5) is 0. The first-order chi connectivity index (χ1) is 11.2.